The molecule has 0 radical (unpaired) electrons. The average molecular weight is 470 g/mol. The third-order valence-electron chi connectivity index (χ3n) is 7.45. The number of fused-ring (bicyclic) bond motifs is 1. The summed E-state index contributed by atoms with van der Waals surface area (Å²) >= 11 is 0. The molecule has 1 aromatic rings. The average Bonchev–Trinajstić information content (AvgIpc) is 3.09. The van der Waals surface area contributed by atoms with E-state index in [0.29, 0.717) is 42.5 Å². The number of carbonyl (C=O) groups is 3. The number of ketones is 1. The predicted octanol–water partition coefficient (Wildman–Crippen LogP) is 4.08. The Morgan fingerprint density at radius 2 is 1.79 bits per heavy atom. The van der Waals surface area contributed by atoms with Crippen molar-refractivity contribution in [2.24, 2.45) is 17.8 Å². The summed E-state index contributed by atoms with van der Waals surface area (Å²) in [6, 6.07) is 6.40. The van der Waals surface area contributed by atoms with Crippen molar-refractivity contribution in [1.82, 2.24) is 4.90 Å². The number of nitrogens with zero attached hydrogens (tertiary/aromatic N) is 1. The number of benzene rings is 1. The Bertz CT molecular complexity index is 981. The van der Waals surface area contributed by atoms with Crippen molar-refractivity contribution in [1.29, 1.82) is 0 Å². The minimum Gasteiger partial charge on any atom is -0.483 e. The van der Waals surface area contributed by atoms with Gasteiger partial charge in [0.05, 0.1) is 36.3 Å². The maximum atomic E-state index is 13.8. The fraction of sp³-hybridized carbons (Fsp3) is 0.593. The van der Waals surface area contributed by atoms with Crippen LogP contribution in [0.2, 0.25) is 0 Å². The van der Waals surface area contributed by atoms with Gasteiger partial charge in [-0.25, -0.2) is 4.79 Å². The Balaban J connectivity index is 1.67. The van der Waals surface area contributed by atoms with Crippen molar-refractivity contribution in [3.63, 3.8) is 0 Å². The first kappa shape index (κ1) is 24.5. The van der Waals surface area contributed by atoms with Gasteiger partial charge in [-0.1, -0.05) is 26.0 Å². The smallest absolute Gasteiger partial charge is 0.337 e. The van der Waals surface area contributed by atoms with Crippen molar-refractivity contribution in [2.45, 2.75) is 65.2 Å². The molecular weight excluding hydrogens is 434 g/mol. The highest BCUT2D eigenvalue weighted by Gasteiger charge is 2.53. The summed E-state index contributed by atoms with van der Waals surface area (Å²) in [7, 11) is 1.34. The molecule has 34 heavy (non-hydrogen) atoms. The maximum Gasteiger partial charge on any atom is 0.337 e. The lowest BCUT2D eigenvalue weighted by molar-refractivity contribution is -0.137. The molecule has 1 saturated carbocycles. The molecule has 0 N–H and O–H groups in total. The summed E-state index contributed by atoms with van der Waals surface area (Å²) < 4.78 is 16.8. The van der Waals surface area contributed by atoms with Crippen LogP contribution in [0.3, 0.4) is 0 Å². The van der Waals surface area contributed by atoms with E-state index in [2.05, 4.69) is 13.8 Å². The number of Topliss-reactive ketones (excluding diaryl/α,β-unsaturated/α-hetero) is 1. The molecule has 2 heterocycles. The highest BCUT2D eigenvalue weighted by Crippen LogP contribution is 2.48. The Morgan fingerprint density at radius 1 is 1.12 bits per heavy atom. The topological polar surface area (TPSA) is 82.1 Å². The lowest BCUT2D eigenvalue weighted by Gasteiger charge is -2.40. The molecule has 7 heteroatoms. The summed E-state index contributed by atoms with van der Waals surface area (Å²) in [5.41, 5.74) is 1.66. The Morgan fingerprint density at radius 3 is 2.44 bits per heavy atom. The van der Waals surface area contributed by atoms with Crippen molar-refractivity contribution in [3.05, 3.63) is 46.7 Å². The van der Waals surface area contributed by atoms with Gasteiger partial charge in [0.1, 0.15) is 6.10 Å². The van der Waals surface area contributed by atoms with Crippen LogP contribution in [0.1, 0.15) is 68.9 Å². The van der Waals surface area contributed by atoms with Crippen molar-refractivity contribution >= 4 is 17.7 Å². The molecule has 0 aromatic heterocycles. The summed E-state index contributed by atoms with van der Waals surface area (Å²) in [4.78, 5) is 40.9. The standard InChI is InChI=1S/C27H35NO6/c1-15(2)33-12-6-11-28-23(18-7-9-19(10-8-18)27(31)32-5)22-24(29)20-13-16(3)17(4)14-21(20)34-25(22)26(28)30/h7-10,15-17,20-21,23H,6,11-14H2,1-5H3. The highest BCUT2D eigenvalue weighted by atomic mass is 16.5. The van der Waals surface area contributed by atoms with Gasteiger partial charge in [0.2, 0.25) is 0 Å². The monoisotopic (exact) mass is 469 g/mol. The second-order valence-corrected chi connectivity index (χ2v) is 10.1. The van der Waals surface area contributed by atoms with E-state index in [1.807, 2.05) is 13.8 Å². The van der Waals surface area contributed by atoms with Gasteiger partial charge in [-0.15, -0.1) is 0 Å². The van der Waals surface area contributed by atoms with Gasteiger partial charge in [-0.2, -0.15) is 0 Å². The molecule has 0 bridgehead atoms. The van der Waals surface area contributed by atoms with Crippen LogP contribution in [-0.2, 0) is 23.8 Å². The molecule has 1 fully saturated rings. The first-order valence-corrected chi connectivity index (χ1v) is 12.3. The molecule has 1 aliphatic carbocycles. The number of esters is 1. The zero-order chi connectivity index (χ0) is 24.6. The Labute approximate surface area is 201 Å². The second kappa shape index (κ2) is 9.90. The van der Waals surface area contributed by atoms with E-state index in [0.717, 1.165) is 18.4 Å². The van der Waals surface area contributed by atoms with Gasteiger partial charge >= 0.3 is 5.97 Å². The van der Waals surface area contributed by atoms with Crippen LogP contribution in [0.4, 0.5) is 0 Å². The number of rotatable bonds is 7. The number of methoxy groups -OCH3 is 1. The first-order chi connectivity index (χ1) is 16.2. The summed E-state index contributed by atoms with van der Waals surface area (Å²) in [6.45, 7) is 9.28. The van der Waals surface area contributed by atoms with Crippen LogP contribution < -0.4 is 0 Å². The lowest BCUT2D eigenvalue weighted by Crippen LogP contribution is -2.43. The van der Waals surface area contributed by atoms with Gasteiger partial charge in [-0.3, -0.25) is 9.59 Å². The number of ether oxygens (including phenoxy) is 3. The van der Waals surface area contributed by atoms with Gasteiger partial charge in [0.15, 0.2) is 11.5 Å². The van der Waals surface area contributed by atoms with Crippen molar-refractivity contribution in [3.8, 4) is 0 Å². The second-order valence-electron chi connectivity index (χ2n) is 10.1. The molecule has 0 spiro atoms. The van der Waals surface area contributed by atoms with Crippen molar-refractivity contribution < 1.29 is 28.6 Å². The molecule has 7 nitrogen and oxygen atoms in total. The number of hydrogen-bond acceptors (Lipinski definition) is 6. The largest absolute Gasteiger partial charge is 0.483 e. The van der Waals surface area contributed by atoms with Crippen molar-refractivity contribution in [2.75, 3.05) is 20.3 Å². The molecular formula is C27H35NO6. The predicted molar refractivity (Wildman–Crippen MR) is 126 cm³/mol. The third-order valence-corrected chi connectivity index (χ3v) is 7.45. The minimum atomic E-state index is -0.531. The fourth-order valence-electron chi connectivity index (χ4n) is 5.36. The third kappa shape index (κ3) is 4.50. The van der Waals surface area contributed by atoms with E-state index < -0.39 is 12.0 Å². The molecule has 2 aliphatic heterocycles. The van der Waals surface area contributed by atoms with E-state index in [4.69, 9.17) is 14.2 Å². The first-order valence-electron chi connectivity index (χ1n) is 12.3. The molecule has 5 atom stereocenters. The zero-order valence-electron chi connectivity index (χ0n) is 20.7. The van der Waals surface area contributed by atoms with E-state index in [1.165, 1.54) is 7.11 Å². The summed E-state index contributed by atoms with van der Waals surface area (Å²) in [5, 5.41) is 0. The van der Waals surface area contributed by atoms with E-state index in [1.54, 1.807) is 29.2 Å². The Kier molecular flexibility index (Phi) is 7.12. The molecule has 184 valence electrons. The molecule has 1 amide bonds. The Hall–Kier alpha value is -2.67. The number of amides is 1. The van der Waals surface area contributed by atoms with Crippen LogP contribution in [0, 0.1) is 17.8 Å². The highest BCUT2D eigenvalue weighted by molar-refractivity contribution is 6.11. The van der Waals surface area contributed by atoms with Gasteiger partial charge in [-0.05, 0) is 62.6 Å². The van der Waals surface area contributed by atoms with Crippen LogP contribution in [0.15, 0.2) is 35.6 Å². The normalized spacial score (nSPS) is 28.6. The molecule has 5 unspecified atom stereocenters. The zero-order valence-corrected chi connectivity index (χ0v) is 20.7. The minimum absolute atomic E-state index is 0.0290. The van der Waals surface area contributed by atoms with Gasteiger partial charge in [0, 0.05) is 13.2 Å². The molecule has 3 aliphatic rings. The van der Waals surface area contributed by atoms with Crippen LogP contribution in [0.25, 0.3) is 0 Å². The summed E-state index contributed by atoms with van der Waals surface area (Å²) in [6.07, 6.45) is 2.07. The van der Waals surface area contributed by atoms with Gasteiger partial charge < -0.3 is 19.1 Å². The molecule has 1 aromatic carbocycles. The summed E-state index contributed by atoms with van der Waals surface area (Å²) in [5.74, 6) is 0.218. The lowest BCUT2D eigenvalue weighted by atomic mass is 9.70. The SMILES string of the molecule is COC(=O)c1ccc(C2C3=C(OC4CC(C)C(C)CC4C3=O)C(=O)N2CCCOC(C)C)cc1. The number of hydrogen-bond donors (Lipinski definition) is 0. The fourth-order valence-corrected chi connectivity index (χ4v) is 5.36. The maximum absolute atomic E-state index is 13.8. The van der Waals surface area contributed by atoms with Crippen LogP contribution in [0.5, 0.6) is 0 Å². The van der Waals surface area contributed by atoms with E-state index in [-0.39, 0.29) is 35.6 Å². The van der Waals surface area contributed by atoms with Crippen LogP contribution >= 0.6 is 0 Å². The van der Waals surface area contributed by atoms with Crippen LogP contribution in [-0.4, -0.2) is 55.0 Å². The molecule has 4 rings (SSSR count). The molecule has 0 saturated heterocycles. The quantitative estimate of drug-likeness (QED) is 0.442. The number of carbonyl (C=O) groups excluding carboxylic acids is 3. The van der Waals surface area contributed by atoms with E-state index >= 15 is 0 Å². The van der Waals surface area contributed by atoms with Gasteiger partial charge in [0.25, 0.3) is 5.91 Å². The van der Waals surface area contributed by atoms with E-state index in [9.17, 15) is 14.4 Å².